The summed E-state index contributed by atoms with van der Waals surface area (Å²) in [6, 6.07) is 8.99. The van der Waals surface area contributed by atoms with Crippen molar-refractivity contribution in [3.05, 3.63) is 29.8 Å². The van der Waals surface area contributed by atoms with Gasteiger partial charge in [-0.05, 0) is 30.5 Å². The van der Waals surface area contributed by atoms with E-state index in [-0.39, 0.29) is 0 Å². The zero-order chi connectivity index (χ0) is 15.2. The molecule has 2 heterocycles. The number of hydrogen-bond donors (Lipinski definition) is 1. The van der Waals surface area contributed by atoms with Crippen molar-refractivity contribution in [2.75, 3.05) is 49.6 Å². The zero-order valence-corrected chi connectivity index (χ0v) is 14.2. The van der Waals surface area contributed by atoms with E-state index in [1.807, 2.05) is 7.05 Å². The highest BCUT2D eigenvalue weighted by molar-refractivity contribution is 7.99. The Morgan fingerprint density at radius 3 is 2.41 bits per heavy atom. The Kier molecular flexibility index (Phi) is 5.48. The molecule has 2 aliphatic heterocycles. The minimum atomic E-state index is 0.847. The number of anilines is 1. The van der Waals surface area contributed by atoms with Crippen molar-refractivity contribution in [2.45, 2.75) is 19.4 Å². The molecule has 0 amide bonds. The van der Waals surface area contributed by atoms with Gasteiger partial charge >= 0.3 is 0 Å². The van der Waals surface area contributed by atoms with Crippen LogP contribution in [0.15, 0.2) is 29.3 Å². The largest absolute Gasteiger partial charge is 0.370 e. The summed E-state index contributed by atoms with van der Waals surface area (Å²) in [6.07, 6.45) is 2.56. The number of likely N-dealkylation sites (tertiary alicyclic amines) is 1. The van der Waals surface area contributed by atoms with E-state index in [4.69, 9.17) is 0 Å². The Hall–Kier alpha value is -1.36. The standard InChI is InChI=1S/C17H26N4S/c1-18-17(21-8-2-3-9-21)19-14-15-4-6-16(7-5-15)20-10-12-22-13-11-20/h4-7H,2-3,8-14H2,1H3,(H,18,19). The van der Waals surface area contributed by atoms with Gasteiger partial charge in [0.15, 0.2) is 5.96 Å². The Morgan fingerprint density at radius 1 is 1.09 bits per heavy atom. The Labute approximate surface area is 138 Å². The average molecular weight is 318 g/mol. The van der Waals surface area contributed by atoms with E-state index >= 15 is 0 Å². The summed E-state index contributed by atoms with van der Waals surface area (Å²) in [7, 11) is 1.87. The van der Waals surface area contributed by atoms with Gasteiger partial charge in [-0.25, -0.2) is 0 Å². The molecule has 0 atom stereocenters. The minimum absolute atomic E-state index is 0.847. The van der Waals surface area contributed by atoms with Crippen LogP contribution in [-0.4, -0.2) is 55.6 Å². The topological polar surface area (TPSA) is 30.9 Å². The molecule has 0 saturated carbocycles. The van der Waals surface area contributed by atoms with E-state index in [1.165, 1.54) is 48.7 Å². The van der Waals surface area contributed by atoms with E-state index in [2.05, 4.69) is 56.1 Å². The molecule has 0 bridgehead atoms. The SMILES string of the molecule is CN=C(NCc1ccc(N2CCSCC2)cc1)N1CCCC1. The summed E-state index contributed by atoms with van der Waals surface area (Å²) in [5, 5.41) is 3.49. The fourth-order valence-electron chi connectivity index (χ4n) is 3.09. The smallest absolute Gasteiger partial charge is 0.193 e. The van der Waals surface area contributed by atoms with Gasteiger partial charge in [0.05, 0.1) is 0 Å². The van der Waals surface area contributed by atoms with Crippen LogP contribution < -0.4 is 10.2 Å². The van der Waals surface area contributed by atoms with Crippen LogP contribution >= 0.6 is 11.8 Å². The fraction of sp³-hybridized carbons (Fsp3) is 0.588. The lowest BCUT2D eigenvalue weighted by atomic mass is 10.2. The summed E-state index contributed by atoms with van der Waals surface area (Å²) in [6.45, 7) is 5.45. The fourth-order valence-corrected chi connectivity index (χ4v) is 3.99. The van der Waals surface area contributed by atoms with Crippen molar-refractivity contribution in [1.29, 1.82) is 0 Å². The maximum absolute atomic E-state index is 4.40. The van der Waals surface area contributed by atoms with Crippen LogP contribution in [0.1, 0.15) is 18.4 Å². The Bertz CT molecular complexity index is 488. The second kappa shape index (κ2) is 7.77. The number of aliphatic imine (C=N–C) groups is 1. The molecule has 120 valence electrons. The third-order valence-electron chi connectivity index (χ3n) is 4.38. The lowest BCUT2D eigenvalue weighted by Crippen LogP contribution is -2.39. The van der Waals surface area contributed by atoms with Gasteiger partial charge in [-0.2, -0.15) is 11.8 Å². The van der Waals surface area contributed by atoms with Gasteiger partial charge in [-0.3, -0.25) is 4.99 Å². The number of benzene rings is 1. The molecule has 1 N–H and O–H groups in total. The zero-order valence-electron chi connectivity index (χ0n) is 13.4. The second-order valence-corrected chi connectivity index (χ2v) is 7.09. The van der Waals surface area contributed by atoms with E-state index < -0.39 is 0 Å². The number of thioether (sulfide) groups is 1. The van der Waals surface area contributed by atoms with Crippen LogP contribution in [0.5, 0.6) is 0 Å². The molecule has 1 aromatic carbocycles. The van der Waals surface area contributed by atoms with Crippen molar-refractivity contribution < 1.29 is 0 Å². The summed E-state index contributed by atoms with van der Waals surface area (Å²) >= 11 is 2.05. The molecule has 2 aliphatic rings. The first kappa shape index (κ1) is 15.5. The van der Waals surface area contributed by atoms with Crippen LogP contribution in [0.4, 0.5) is 5.69 Å². The van der Waals surface area contributed by atoms with Crippen LogP contribution in [0.25, 0.3) is 0 Å². The maximum Gasteiger partial charge on any atom is 0.193 e. The van der Waals surface area contributed by atoms with Gasteiger partial charge in [0.1, 0.15) is 0 Å². The van der Waals surface area contributed by atoms with Crippen LogP contribution in [0.2, 0.25) is 0 Å². The number of guanidine groups is 1. The van der Waals surface area contributed by atoms with E-state index in [0.29, 0.717) is 0 Å². The lowest BCUT2D eigenvalue weighted by molar-refractivity contribution is 0.493. The third-order valence-corrected chi connectivity index (χ3v) is 5.32. The number of nitrogens with one attached hydrogen (secondary N) is 1. The summed E-state index contributed by atoms with van der Waals surface area (Å²) < 4.78 is 0. The first-order valence-corrected chi connectivity index (χ1v) is 9.39. The first-order valence-electron chi connectivity index (χ1n) is 8.24. The summed E-state index contributed by atoms with van der Waals surface area (Å²) in [5.74, 6) is 3.53. The van der Waals surface area contributed by atoms with E-state index in [9.17, 15) is 0 Å². The number of hydrogen-bond acceptors (Lipinski definition) is 3. The molecule has 2 saturated heterocycles. The van der Waals surface area contributed by atoms with Gasteiger partial charge in [-0.1, -0.05) is 12.1 Å². The van der Waals surface area contributed by atoms with Gasteiger partial charge in [-0.15, -0.1) is 0 Å². The van der Waals surface area contributed by atoms with Crippen molar-refractivity contribution in [3.8, 4) is 0 Å². The predicted octanol–water partition coefficient (Wildman–Crippen LogP) is 2.41. The van der Waals surface area contributed by atoms with Crippen LogP contribution in [0.3, 0.4) is 0 Å². The highest BCUT2D eigenvalue weighted by Crippen LogP contribution is 2.19. The molecule has 0 spiro atoms. The number of rotatable bonds is 3. The molecule has 0 unspecified atom stereocenters. The molecule has 1 aromatic rings. The molecule has 5 heteroatoms. The molecule has 0 aromatic heterocycles. The molecule has 0 aliphatic carbocycles. The second-order valence-electron chi connectivity index (χ2n) is 5.86. The molecule has 22 heavy (non-hydrogen) atoms. The van der Waals surface area contributed by atoms with E-state index in [1.54, 1.807) is 0 Å². The first-order chi connectivity index (χ1) is 10.9. The molecule has 4 nitrogen and oxygen atoms in total. The molecular weight excluding hydrogens is 292 g/mol. The van der Waals surface area contributed by atoms with Gasteiger partial charge in [0.25, 0.3) is 0 Å². The Morgan fingerprint density at radius 2 is 1.77 bits per heavy atom. The maximum atomic E-state index is 4.40. The molecular formula is C17H26N4S. The van der Waals surface area contributed by atoms with Crippen molar-refractivity contribution in [1.82, 2.24) is 10.2 Å². The predicted molar refractivity (Wildman–Crippen MR) is 97.0 cm³/mol. The van der Waals surface area contributed by atoms with Crippen LogP contribution in [-0.2, 0) is 6.54 Å². The highest BCUT2D eigenvalue weighted by Gasteiger charge is 2.15. The van der Waals surface area contributed by atoms with Gasteiger partial charge in [0, 0.05) is 57.0 Å². The van der Waals surface area contributed by atoms with Crippen molar-refractivity contribution in [2.24, 2.45) is 4.99 Å². The Balaban J connectivity index is 1.54. The van der Waals surface area contributed by atoms with Crippen LogP contribution in [0, 0.1) is 0 Å². The minimum Gasteiger partial charge on any atom is -0.370 e. The summed E-state index contributed by atoms with van der Waals surface area (Å²) in [4.78, 5) is 9.23. The third kappa shape index (κ3) is 3.88. The molecule has 2 fully saturated rings. The lowest BCUT2D eigenvalue weighted by Gasteiger charge is -2.28. The summed E-state index contributed by atoms with van der Waals surface area (Å²) in [5.41, 5.74) is 2.67. The average Bonchev–Trinajstić information content (AvgIpc) is 3.11. The van der Waals surface area contributed by atoms with Gasteiger partial charge in [0.2, 0.25) is 0 Å². The van der Waals surface area contributed by atoms with E-state index in [0.717, 1.165) is 25.6 Å². The molecule has 0 radical (unpaired) electrons. The number of nitrogens with zero attached hydrogens (tertiary/aromatic N) is 3. The van der Waals surface area contributed by atoms with Gasteiger partial charge < -0.3 is 15.1 Å². The van der Waals surface area contributed by atoms with Crippen molar-refractivity contribution >= 4 is 23.4 Å². The molecule has 3 rings (SSSR count). The normalized spacial score (nSPS) is 19.6. The highest BCUT2D eigenvalue weighted by atomic mass is 32.2. The quantitative estimate of drug-likeness (QED) is 0.685. The van der Waals surface area contributed by atoms with Crippen molar-refractivity contribution in [3.63, 3.8) is 0 Å². The monoisotopic (exact) mass is 318 g/mol.